The maximum atomic E-state index is 6.52. The van der Waals surface area contributed by atoms with E-state index in [9.17, 15) is 0 Å². The van der Waals surface area contributed by atoms with Crippen molar-refractivity contribution in [2.75, 3.05) is 0 Å². The summed E-state index contributed by atoms with van der Waals surface area (Å²) in [5.74, 6) is 1.40. The lowest BCUT2D eigenvalue weighted by Crippen LogP contribution is -2.35. The molecule has 240 valence electrons. The number of aromatic nitrogens is 1. The molecule has 4 heterocycles. The predicted molar refractivity (Wildman–Crippen MR) is 213 cm³/mol. The quantitative estimate of drug-likeness (QED) is 0.203. The van der Waals surface area contributed by atoms with Gasteiger partial charge in [-0.2, -0.15) is 4.99 Å². The van der Waals surface area contributed by atoms with Crippen molar-refractivity contribution < 1.29 is 4.42 Å². The SMILES string of the molecule is c1ccc(C2N=C(n3c4ccccc4c4ccccc43)N=C(c3ccc4oc5cccc(-c6cccc7sc8ccccc8c67)c5c4c3)N2)cc1. The molecule has 0 fully saturated rings. The molecule has 0 radical (unpaired) electrons. The topological polar surface area (TPSA) is 54.8 Å². The number of amidine groups is 1. The Labute approximate surface area is 296 Å². The summed E-state index contributed by atoms with van der Waals surface area (Å²) in [7, 11) is 0. The van der Waals surface area contributed by atoms with Crippen molar-refractivity contribution in [2.45, 2.75) is 6.17 Å². The summed E-state index contributed by atoms with van der Waals surface area (Å²) in [6.07, 6.45) is -0.328. The van der Waals surface area contributed by atoms with Gasteiger partial charge >= 0.3 is 0 Å². The lowest BCUT2D eigenvalue weighted by atomic mass is 9.95. The van der Waals surface area contributed by atoms with Gasteiger partial charge in [0.15, 0.2) is 0 Å². The fourth-order valence-corrected chi connectivity index (χ4v) is 8.96. The molecule has 0 aliphatic carbocycles. The molecule has 1 N–H and O–H groups in total. The van der Waals surface area contributed by atoms with Crippen LogP contribution in [0, 0.1) is 0 Å². The van der Waals surface area contributed by atoms with Crippen LogP contribution in [0.25, 0.3) is 75.0 Å². The second-order valence-corrected chi connectivity index (χ2v) is 14.1. The molecule has 51 heavy (non-hydrogen) atoms. The highest BCUT2D eigenvalue weighted by atomic mass is 32.1. The number of para-hydroxylation sites is 2. The molecule has 0 saturated heterocycles. The Hall–Kier alpha value is -6.50. The van der Waals surface area contributed by atoms with Gasteiger partial charge < -0.3 is 9.73 Å². The van der Waals surface area contributed by atoms with E-state index in [1.54, 1.807) is 0 Å². The van der Waals surface area contributed by atoms with Gasteiger partial charge in [-0.05, 0) is 65.2 Å². The van der Waals surface area contributed by atoms with Gasteiger partial charge in [-0.3, -0.25) is 4.57 Å². The zero-order chi connectivity index (χ0) is 33.5. The largest absolute Gasteiger partial charge is 0.456 e. The molecule has 0 amide bonds. The molecule has 11 rings (SSSR count). The second-order valence-electron chi connectivity index (χ2n) is 13.0. The third-order valence-electron chi connectivity index (χ3n) is 10.1. The van der Waals surface area contributed by atoms with E-state index in [0.717, 1.165) is 55.5 Å². The van der Waals surface area contributed by atoms with Crippen molar-refractivity contribution in [3.8, 4) is 11.1 Å². The van der Waals surface area contributed by atoms with Crippen LogP contribution >= 0.6 is 11.3 Å². The van der Waals surface area contributed by atoms with Gasteiger partial charge in [0.1, 0.15) is 23.2 Å². The second kappa shape index (κ2) is 11.0. The zero-order valence-electron chi connectivity index (χ0n) is 27.2. The monoisotopic (exact) mass is 672 g/mol. The maximum absolute atomic E-state index is 6.52. The number of nitrogens with one attached hydrogen (secondary N) is 1. The van der Waals surface area contributed by atoms with Gasteiger partial charge in [0.05, 0.1) is 11.0 Å². The summed E-state index contributed by atoms with van der Waals surface area (Å²) in [6.45, 7) is 0. The van der Waals surface area contributed by atoms with Gasteiger partial charge in [-0.25, -0.2) is 4.99 Å². The molecule has 7 aromatic carbocycles. The Morgan fingerprint density at radius 2 is 1.22 bits per heavy atom. The van der Waals surface area contributed by atoms with Crippen LogP contribution in [0.3, 0.4) is 0 Å². The van der Waals surface area contributed by atoms with E-state index in [-0.39, 0.29) is 6.17 Å². The van der Waals surface area contributed by atoms with Gasteiger partial charge in [0.25, 0.3) is 0 Å². The summed E-state index contributed by atoms with van der Waals surface area (Å²) in [4.78, 5) is 10.5. The van der Waals surface area contributed by atoms with Crippen LogP contribution in [-0.2, 0) is 0 Å². The molecule has 0 bridgehead atoms. The minimum atomic E-state index is -0.328. The Morgan fingerprint density at radius 1 is 0.549 bits per heavy atom. The van der Waals surface area contributed by atoms with E-state index in [1.807, 2.05) is 17.4 Å². The maximum Gasteiger partial charge on any atom is 0.234 e. The molecule has 1 aliphatic heterocycles. The predicted octanol–water partition coefficient (Wildman–Crippen LogP) is 11.7. The minimum absolute atomic E-state index is 0.328. The highest BCUT2D eigenvalue weighted by Gasteiger charge is 2.25. The van der Waals surface area contributed by atoms with E-state index >= 15 is 0 Å². The number of benzene rings is 7. The molecule has 1 aliphatic rings. The number of thiophene rings is 1. The Balaban J connectivity index is 1.13. The molecule has 1 atom stereocenters. The van der Waals surface area contributed by atoms with Crippen LogP contribution < -0.4 is 5.32 Å². The summed E-state index contributed by atoms with van der Waals surface area (Å²) in [6, 6.07) is 55.4. The van der Waals surface area contributed by atoms with E-state index in [2.05, 4.69) is 162 Å². The van der Waals surface area contributed by atoms with Crippen molar-refractivity contribution >= 4 is 87.0 Å². The molecular formula is C45H28N4OS. The third-order valence-corrected chi connectivity index (χ3v) is 11.2. The van der Waals surface area contributed by atoms with Crippen molar-refractivity contribution in [1.29, 1.82) is 0 Å². The zero-order valence-corrected chi connectivity index (χ0v) is 28.1. The van der Waals surface area contributed by atoms with Crippen LogP contribution in [0.15, 0.2) is 172 Å². The average molecular weight is 673 g/mol. The normalized spacial score (nSPS) is 14.9. The van der Waals surface area contributed by atoms with Gasteiger partial charge in [-0.15, -0.1) is 11.3 Å². The van der Waals surface area contributed by atoms with Gasteiger partial charge in [0, 0.05) is 47.3 Å². The van der Waals surface area contributed by atoms with Crippen molar-refractivity contribution in [2.24, 2.45) is 9.98 Å². The van der Waals surface area contributed by atoms with Crippen molar-refractivity contribution in [1.82, 2.24) is 9.88 Å². The average Bonchev–Trinajstić information content (AvgIpc) is 3.87. The first-order valence-electron chi connectivity index (χ1n) is 17.1. The van der Waals surface area contributed by atoms with Crippen molar-refractivity contribution in [3.05, 3.63) is 169 Å². The Bertz CT molecular complexity index is 3020. The minimum Gasteiger partial charge on any atom is -0.456 e. The first-order chi connectivity index (χ1) is 25.3. The Morgan fingerprint density at radius 3 is 2.02 bits per heavy atom. The molecule has 10 aromatic rings. The summed E-state index contributed by atoms with van der Waals surface area (Å²) in [5, 5.41) is 10.8. The molecule has 3 aromatic heterocycles. The molecule has 0 saturated carbocycles. The number of nitrogens with zero attached hydrogens (tertiary/aromatic N) is 3. The van der Waals surface area contributed by atoms with E-state index in [4.69, 9.17) is 14.4 Å². The summed E-state index contributed by atoms with van der Waals surface area (Å²) >= 11 is 1.84. The third kappa shape index (κ3) is 4.33. The molecule has 6 heteroatoms. The van der Waals surface area contributed by atoms with Crippen LogP contribution in [0.1, 0.15) is 17.3 Å². The van der Waals surface area contributed by atoms with Crippen LogP contribution in [0.2, 0.25) is 0 Å². The number of hydrogen-bond donors (Lipinski definition) is 1. The molecular weight excluding hydrogens is 645 g/mol. The summed E-state index contributed by atoms with van der Waals surface area (Å²) < 4.78 is 11.3. The van der Waals surface area contributed by atoms with E-state index < -0.39 is 0 Å². The summed E-state index contributed by atoms with van der Waals surface area (Å²) in [5.41, 5.74) is 8.26. The first-order valence-corrected chi connectivity index (χ1v) is 17.9. The Kier molecular flexibility index (Phi) is 6.12. The molecule has 0 spiro atoms. The van der Waals surface area contributed by atoms with E-state index in [0.29, 0.717) is 5.96 Å². The van der Waals surface area contributed by atoms with Crippen molar-refractivity contribution in [3.63, 3.8) is 0 Å². The van der Waals surface area contributed by atoms with Crippen LogP contribution in [-0.4, -0.2) is 16.4 Å². The number of aliphatic imine (C=N–C) groups is 2. The van der Waals surface area contributed by atoms with Crippen LogP contribution in [0.5, 0.6) is 0 Å². The van der Waals surface area contributed by atoms with Crippen LogP contribution in [0.4, 0.5) is 0 Å². The number of hydrogen-bond acceptors (Lipinski definition) is 5. The first kappa shape index (κ1) is 28.3. The van der Waals surface area contributed by atoms with Gasteiger partial charge in [0.2, 0.25) is 5.96 Å². The molecule has 5 nitrogen and oxygen atoms in total. The highest BCUT2D eigenvalue weighted by molar-refractivity contribution is 7.25. The van der Waals surface area contributed by atoms with E-state index in [1.165, 1.54) is 36.5 Å². The number of rotatable bonds is 3. The smallest absolute Gasteiger partial charge is 0.234 e. The highest BCUT2D eigenvalue weighted by Crippen LogP contribution is 2.44. The van der Waals surface area contributed by atoms with Gasteiger partial charge in [-0.1, -0.05) is 109 Å². The standard InChI is InChI=1S/C45H28N4OS/c1-2-12-27(13-3-1)43-46-44(48-45(47-43)49-35-19-7-4-14-29(35)30-15-5-8-20-36(30)49)28-24-25-37-34(26-28)41-31(17-10-21-38(41)50-37)32-18-11-23-40-42(32)33-16-6-9-22-39(33)51-40/h1-26,43H,(H,46,47,48). The molecule has 1 unspecified atom stereocenters. The lowest BCUT2D eigenvalue weighted by molar-refractivity contribution is 0.667. The fraction of sp³-hybridized carbons (Fsp3) is 0.0222. The lowest BCUT2D eigenvalue weighted by Gasteiger charge is -2.24. The fourth-order valence-electron chi connectivity index (χ4n) is 7.82. The number of fused-ring (bicyclic) bond motifs is 9. The number of furan rings is 1.